The molecule has 0 radical (unpaired) electrons. The Hall–Kier alpha value is -2.14. The molecule has 0 spiro atoms. The van der Waals surface area contributed by atoms with Crippen LogP contribution in [-0.2, 0) is 14.9 Å². The largest absolute Gasteiger partial charge is 0.379 e. The van der Waals surface area contributed by atoms with Crippen LogP contribution in [0, 0.1) is 0 Å². The maximum absolute atomic E-state index is 12.5. The standard InChI is InChI=1S/C19H24N2O3/c1-14(2)23-12-6-11-20-18(22)19(9-10-19)17-13-16(24-21-17)15-7-4-3-5-8-15/h3-5,7-8,13-14H,6,9-12H2,1-2H3,(H,20,22). The third kappa shape index (κ3) is 3.67. The number of rotatable bonds is 8. The molecule has 128 valence electrons. The highest BCUT2D eigenvalue weighted by Crippen LogP contribution is 2.48. The minimum absolute atomic E-state index is 0.0416. The zero-order valence-corrected chi connectivity index (χ0v) is 14.2. The van der Waals surface area contributed by atoms with Gasteiger partial charge in [-0.2, -0.15) is 0 Å². The van der Waals surface area contributed by atoms with E-state index in [0.717, 1.165) is 30.5 Å². The lowest BCUT2D eigenvalue weighted by molar-refractivity contribution is -0.123. The van der Waals surface area contributed by atoms with Gasteiger partial charge < -0.3 is 14.6 Å². The molecule has 1 heterocycles. The molecule has 1 aliphatic carbocycles. The first-order valence-electron chi connectivity index (χ1n) is 8.54. The van der Waals surface area contributed by atoms with Crippen molar-refractivity contribution in [1.29, 1.82) is 0 Å². The van der Waals surface area contributed by atoms with Gasteiger partial charge in [-0.15, -0.1) is 0 Å². The normalized spacial score (nSPS) is 15.5. The van der Waals surface area contributed by atoms with Crippen LogP contribution < -0.4 is 5.32 Å². The van der Waals surface area contributed by atoms with Gasteiger partial charge in [0.25, 0.3) is 0 Å². The molecule has 1 saturated carbocycles. The minimum Gasteiger partial charge on any atom is -0.379 e. The third-order valence-corrected chi connectivity index (χ3v) is 4.30. The van der Waals surface area contributed by atoms with Crippen LogP contribution >= 0.6 is 0 Å². The third-order valence-electron chi connectivity index (χ3n) is 4.30. The molecule has 5 heteroatoms. The minimum atomic E-state index is -0.505. The maximum Gasteiger partial charge on any atom is 0.232 e. The molecular formula is C19H24N2O3. The highest BCUT2D eigenvalue weighted by Gasteiger charge is 2.53. The molecule has 1 aromatic carbocycles. The van der Waals surface area contributed by atoms with Crippen molar-refractivity contribution >= 4 is 5.91 Å². The van der Waals surface area contributed by atoms with Gasteiger partial charge >= 0.3 is 0 Å². The second-order valence-corrected chi connectivity index (χ2v) is 6.55. The lowest BCUT2D eigenvalue weighted by Gasteiger charge is -2.13. The van der Waals surface area contributed by atoms with E-state index >= 15 is 0 Å². The van der Waals surface area contributed by atoms with E-state index < -0.39 is 5.41 Å². The monoisotopic (exact) mass is 328 g/mol. The smallest absolute Gasteiger partial charge is 0.232 e. The average molecular weight is 328 g/mol. The Morgan fingerprint density at radius 1 is 1.33 bits per heavy atom. The molecule has 0 saturated heterocycles. The lowest BCUT2D eigenvalue weighted by Crippen LogP contribution is -2.35. The van der Waals surface area contributed by atoms with E-state index in [0.29, 0.717) is 18.9 Å². The molecule has 0 aliphatic heterocycles. The maximum atomic E-state index is 12.5. The van der Waals surface area contributed by atoms with Crippen molar-refractivity contribution in [3.63, 3.8) is 0 Å². The summed E-state index contributed by atoms with van der Waals surface area (Å²) in [7, 11) is 0. The molecule has 1 aromatic heterocycles. The zero-order chi connectivity index (χ0) is 17.0. The molecule has 5 nitrogen and oxygen atoms in total. The molecule has 24 heavy (non-hydrogen) atoms. The Morgan fingerprint density at radius 3 is 2.75 bits per heavy atom. The number of aromatic nitrogens is 1. The molecule has 0 bridgehead atoms. The van der Waals surface area contributed by atoms with E-state index in [1.54, 1.807) is 0 Å². The number of hydrogen-bond acceptors (Lipinski definition) is 4. The molecule has 1 aliphatic rings. The zero-order valence-electron chi connectivity index (χ0n) is 14.2. The molecule has 1 fully saturated rings. The van der Waals surface area contributed by atoms with Crippen molar-refractivity contribution in [3.8, 4) is 11.3 Å². The van der Waals surface area contributed by atoms with Gasteiger partial charge in [-0.05, 0) is 33.1 Å². The Bertz CT molecular complexity index is 675. The molecule has 1 amide bonds. The first-order chi connectivity index (χ1) is 11.6. The van der Waals surface area contributed by atoms with Gasteiger partial charge in [0.15, 0.2) is 5.76 Å². The summed E-state index contributed by atoms with van der Waals surface area (Å²) < 4.78 is 10.9. The van der Waals surface area contributed by atoms with E-state index in [9.17, 15) is 4.79 Å². The van der Waals surface area contributed by atoms with E-state index in [4.69, 9.17) is 9.26 Å². The van der Waals surface area contributed by atoms with Crippen molar-refractivity contribution in [2.75, 3.05) is 13.2 Å². The Balaban J connectivity index is 1.58. The predicted octanol–water partition coefficient (Wildman–Crippen LogP) is 3.30. The van der Waals surface area contributed by atoms with E-state index in [-0.39, 0.29) is 12.0 Å². The van der Waals surface area contributed by atoms with Crippen LogP contribution in [0.4, 0.5) is 0 Å². The fourth-order valence-electron chi connectivity index (χ4n) is 2.73. The van der Waals surface area contributed by atoms with Crippen molar-refractivity contribution in [1.82, 2.24) is 10.5 Å². The number of nitrogens with zero attached hydrogens (tertiary/aromatic N) is 1. The SMILES string of the molecule is CC(C)OCCCNC(=O)C1(c2cc(-c3ccccc3)on2)CC1. The highest BCUT2D eigenvalue weighted by atomic mass is 16.5. The van der Waals surface area contributed by atoms with E-state index in [1.165, 1.54) is 0 Å². The Morgan fingerprint density at radius 2 is 2.08 bits per heavy atom. The fourth-order valence-corrected chi connectivity index (χ4v) is 2.73. The van der Waals surface area contributed by atoms with Crippen molar-refractivity contribution in [3.05, 3.63) is 42.1 Å². The van der Waals surface area contributed by atoms with Gasteiger partial charge in [-0.1, -0.05) is 35.5 Å². The van der Waals surface area contributed by atoms with Crippen LogP contribution in [0.15, 0.2) is 40.9 Å². The number of amides is 1. The summed E-state index contributed by atoms with van der Waals surface area (Å²) in [6, 6.07) is 11.7. The molecule has 0 atom stereocenters. The summed E-state index contributed by atoms with van der Waals surface area (Å²) in [5, 5.41) is 7.16. The van der Waals surface area contributed by atoms with Crippen LogP contribution in [0.5, 0.6) is 0 Å². The van der Waals surface area contributed by atoms with Crippen molar-refractivity contribution < 1.29 is 14.1 Å². The quantitative estimate of drug-likeness (QED) is 0.755. The fraction of sp³-hybridized carbons (Fsp3) is 0.474. The van der Waals surface area contributed by atoms with Crippen LogP contribution in [0.25, 0.3) is 11.3 Å². The number of hydrogen-bond donors (Lipinski definition) is 1. The van der Waals surface area contributed by atoms with Gasteiger partial charge in [-0.3, -0.25) is 4.79 Å². The number of carbonyl (C=O) groups is 1. The van der Waals surface area contributed by atoms with Crippen molar-refractivity contribution in [2.45, 2.75) is 44.6 Å². The molecule has 1 N–H and O–H groups in total. The topological polar surface area (TPSA) is 64.4 Å². The van der Waals surface area contributed by atoms with Crippen molar-refractivity contribution in [2.24, 2.45) is 0 Å². The van der Waals surface area contributed by atoms with E-state index in [2.05, 4.69) is 10.5 Å². The molecule has 2 aromatic rings. The second kappa shape index (κ2) is 7.18. The number of nitrogens with one attached hydrogen (secondary N) is 1. The Kier molecular flexibility index (Phi) is 5.00. The highest BCUT2D eigenvalue weighted by molar-refractivity contribution is 5.91. The summed E-state index contributed by atoms with van der Waals surface area (Å²) in [4.78, 5) is 12.5. The number of benzene rings is 1. The summed E-state index contributed by atoms with van der Waals surface area (Å²) in [5.41, 5.74) is 1.20. The summed E-state index contributed by atoms with van der Waals surface area (Å²) in [6.07, 6.45) is 2.68. The summed E-state index contributed by atoms with van der Waals surface area (Å²) >= 11 is 0. The van der Waals surface area contributed by atoms with E-state index in [1.807, 2.05) is 50.2 Å². The van der Waals surface area contributed by atoms with Gasteiger partial charge in [0.05, 0.1) is 17.2 Å². The Labute approximate surface area is 142 Å². The second-order valence-electron chi connectivity index (χ2n) is 6.55. The summed E-state index contributed by atoms with van der Waals surface area (Å²) in [6.45, 7) is 5.29. The van der Waals surface area contributed by atoms with Gasteiger partial charge in [0.2, 0.25) is 5.91 Å². The number of carbonyl (C=O) groups excluding carboxylic acids is 1. The van der Waals surface area contributed by atoms with Crippen LogP contribution in [-0.4, -0.2) is 30.3 Å². The average Bonchev–Trinajstić information content (AvgIpc) is 3.25. The van der Waals surface area contributed by atoms with Crippen LogP contribution in [0.1, 0.15) is 38.8 Å². The van der Waals surface area contributed by atoms with Crippen LogP contribution in [0.3, 0.4) is 0 Å². The summed E-state index contributed by atoms with van der Waals surface area (Å²) in [5.74, 6) is 0.745. The first-order valence-corrected chi connectivity index (χ1v) is 8.54. The molecular weight excluding hydrogens is 304 g/mol. The first kappa shape index (κ1) is 16.7. The predicted molar refractivity (Wildman–Crippen MR) is 91.6 cm³/mol. The molecule has 0 unspecified atom stereocenters. The number of ether oxygens (including phenoxy) is 1. The lowest BCUT2D eigenvalue weighted by atomic mass is 10.0. The molecule has 3 rings (SSSR count). The van der Waals surface area contributed by atoms with Gasteiger partial charge in [0, 0.05) is 24.8 Å². The van der Waals surface area contributed by atoms with Crippen LogP contribution in [0.2, 0.25) is 0 Å². The van der Waals surface area contributed by atoms with Gasteiger partial charge in [0.1, 0.15) is 0 Å². The van der Waals surface area contributed by atoms with Gasteiger partial charge in [-0.25, -0.2) is 0 Å².